The zero-order chi connectivity index (χ0) is 10.4. The Morgan fingerprint density at radius 2 is 2.29 bits per heavy atom. The fraction of sp³-hybridized carbons (Fsp3) is 0.778. The Bertz CT molecular complexity index is 260. The predicted molar refractivity (Wildman–Crippen MR) is 51.8 cm³/mol. The normalized spacial score (nSPS) is 11.1. The van der Waals surface area contributed by atoms with Crippen LogP contribution in [0.1, 0.15) is 25.6 Å². The van der Waals surface area contributed by atoms with Crippen molar-refractivity contribution in [3.63, 3.8) is 0 Å². The molecule has 0 aromatic carbocycles. The minimum Gasteiger partial charge on any atom is -0.377 e. The average Bonchev–Trinajstić information content (AvgIpc) is 2.50. The molecular formula is C9H17N3O2. The Balaban J connectivity index is 2.04. The van der Waals surface area contributed by atoms with Crippen LogP contribution in [0.15, 0.2) is 4.52 Å². The highest BCUT2D eigenvalue weighted by molar-refractivity contribution is 4.82. The SMILES string of the molecule is Cc1nc(CNCCOC(C)C)no1. The van der Waals surface area contributed by atoms with Crippen LogP contribution in [0.3, 0.4) is 0 Å². The lowest BCUT2D eigenvalue weighted by Crippen LogP contribution is -2.21. The molecule has 0 aliphatic carbocycles. The Labute approximate surface area is 83.8 Å². The molecule has 0 fully saturated rings. The van der Waals surface area contributed by atoms with Crippen LogP contribution in [0.2, 0.25) is 0 Å². The number of ether oxygens (including phenoxy) is 1. The molecule has 0 saturated carbocycles. The van der Waals surface area contributed by atoms with Gasteiger partial charge in [-0.2, -0.15) is 4.98 Å². The summed E-state index contributed by atoms with van der Waals surface area (Å²) in [5.41, 5.74) is 0. The van der Waals surface area contributed by atoms with E-state index in [4.69, 9.17) is 9.26 Å². The van der Waals surface area contributed by atoms with Gasteiger partial charge in [-0.25, -0.2) is 0 Å². The molecule has 80 valence electrons. The molecule has 5 nitrogen and oxygen atoms in total. The van der Waals surface area contributed by atoms with E-state index in [-0.39, 0.29) is 6.10 Å². The maximum Gasteiger partial charge on any atom is 0.223 e. The number of aromatic nitrogens is 2. The van der Waals surface area contributed by atoms with Gasteiger partial charge in [0.1, 0.15) is 0 Å². The van der Waals surface area contributed by atoms with E-state index in [1.165, 1.54) is 0 Å². The fourth-order valence-corrected chi connectivity index (χ4v) is 0.980. The number of nitrogens with one attached hydrogen (secondary N) is 1. The zero-order valence-corrected chi connectivity index (χ0v) is 8.91. The summed E-state index contributed by atoms with van der Waals surface area (Å²) in [5, 5.41) is 6.92. The van der Waals surface area contributed by atoms with Gasteiger partial charge < -0.3 is 14.6 Å². The second-order valence-corrected chi connectivity index (χ2v) is 3.33. The van der Waals surface area contributed by atoms with E-state index >= 15 is 0 Å². The van der Waals surface area contributed by atoms with Crippen molar-refractivity contribution in [3.05, 3.63) is 11.7 Å². The third-order valence-electron chi connectivity index (χ3n) is 1.58. The monoisotopic (exact) mass is 199 g/mol. The number of rotatable bonds is 6. The van der Waals surface area contributed by atoms with Gasteiger partial charge in [0.2, 0.25) is 5.89 Å². The second kappa shape index (κ2) is 5.72. The zero-order valence-electron chi connectivity index (χ0n) is 8.91. The van der Waals surface area contributed by atoms with Gasteiger partial charge in [-0.05, 0) is 13.8 Å². The third-order valence-corrected chi connectivity index (χ3v) is 1.58. The van der Waals surface area contributed by atoms with Crippen LogP contribution in [0.5, 0.6) is 0 Å². The molecule has 1 aromatic heterocycles. The summed E-state index contributed by atoms with van der Waals surface area (Å²) in [6.07, 6.45) is 0.282. The second-order valence-electron chi connectivity index (χ2n) is 3.33. The molecular weight excluding hydrogens is 182 g/mol. The van der Waals surface area contributed by atoms with Crippen molar-refractivity contribution in [1.29, 1.82) is 0 Å². The van der Waals surface area contributed by atoms with Gasteiger partial charge in [-0.1, -0.05) is 5.16 Å². The van der Waals surface area contributed by atoms with Gasteiger partial charge in [0.15, 0.2) is 5.82 Å². The Kier molecular flexibility index (Phi) is 4.55. The molecule has 0 aliphatic rings. The van der Waals surface area contributed by atoms with E-state index in [1.807, 2.05) is 13.8 Å². The predicted octanol–water partition coefficient (Wildman–Crippen LogP) is 0.893. The lowest BCUT2D eigenvalue weighted by atomic mass is 10.5. The third kappa shape index (κ3) is 4.34. The summed E-state index contributed by atoms with van der Waals surface area (Å²) in [6.45, 7) is 7.93. The summed E-state index contributed by atoms with van der Waals surface area (Å²) < 4.78 is 10.2. The molecule has 0 atom stereocenters. The first-order valence-corrected chi connectivity index (χ1v) is 4.80. The lowest BCUT2D eigenvalue weighted by Gasteiger charge is -2.06. The van der Waals surface area contributed by atoms with Crippen molar-refractivity contribution in [1.82, 2.24) is 15.5 Å². The van der Waals surface area contributed by atoms with E-state index in [2.05, 4.69) is 15.5 Å². The lowest BCUT2D eigenvalue weighted by molar-refractivity contribution is 0.0806. The molecule has 1 aromatic rings. The molecule has 0 saturated heterocycles. The van der Waals surface area contributed by atoms with E-state index in [0.717, 1.165) is 6.54 Å². The highest BCUT2D eigenvalue weighted by Gasteiger charge is 2.00. The molecule has 14 heavy (non-hydrogen) atoms. The summed E-state index contributed by atoms with van der Waals surface area (Å²) in [6, 6.07) is 0. The molecule has 0 aliphatic heterocycles. The van der Waals surface area contributed by atoms with Crippen LogP contribution >= 0.6 is 0 Å². The van der Waals surface area contributed by atoms with Gasteiger partial charge in [0.25, 0.3) is 0 Å². The van der Waals surface area contributed by atoms with E-state index in [0.29, 0.717) is 24.9 Å². The summed E-state index contributed by atoms with van der Waals surface area (Å²) in [4.78, 5) is 4.06. The minimum atomic E-state index is 0.282. The molecule has 0 spiro atoms. The summed E-state index contributed by atoms with van der Waals surface area (Å²) in [7, 11) is 0. The number of aryl methyl sites for hydroxylation is 1. The Morgan fingerprint density at radius 3 is 2.86 bits per heavy atom. The fourth-order valence-electron chi connectivity index (χ4n) is 0.980. The van der Waals surface area contributed by atoms with Crippen molar-refractivity contribution in [2.24, 2.45) is 0 Å². The van der Waals surface area contributed by atoms with Crippen molar-refractivity contribution < 1.29 is 9.26 Å². The number of nitrogens with zero attached hydrogens (tertiary/aromatic N) is 2. The standard InChI is InChI=1S/C9H17N3O2/c1-7(2)13-5-4-10-6-9-11-8(3)14-12-9/h7,10H,4-6H2,1-3H3. The largest absolute Gasteiger partial charge is 0.377 e. The summed E-state index contributed by atoms with van der Waals surface area (Å²) in [5.74, 6) is 1.28. The molecule has 0 unspecified atom stereocenters. The first-order chi connectivity index (χ1) is 6.68. The molecule has 1 N–H and O–H groups in total. The number of hydrogen-bond acceptors (Lipinski definition) is 5. The van der Waals surface area contributed by atoms with Gasteiger partial charge in [-0.15, -0.1) is 0 Å². The highest BCUT2D eigenvalue weighted by Crippen LogP contribution is 1.93. The van der Waals surface area contributed by atoms with Crippen LogP contribution in [0.25, 0.3) is 0 Å². The van der Waals surface area contributed by atoms with Crippen molar-refractivity contribution in [3.8, 4) is 0 Å². The molecule has 1 rings (SSSR count). The molecule has 0 bridgehead atoms. The summed E-state index contributed by atoms with van der Waals surface area (Å²) >= 11 is 0. The average molecular weight is 199 g/mol. The first kappa shape index (κ1) is 11.1. The van der Waals surface area contributed by atoms with Crippen LogP contribution in [0, 0.1) is 6.92 Å². The Hall–Kier alpha value is -0.940. The van der Waals surface area contributed by atoms with Crippen molar-refractivity contribution in [2.75, 3.05) is 13.2 Å². The molecule has 0 amide bonds. The van der Waals surface area contributed by atoms with E-state index in [1.54, 1.807) is 6.92 Å². The van der Waals surface area contributed by atoms with E-state index < -0.39 is 0 Å². The van der Waals surface area contributed by atoms with Gasteiger partial charge in [0.05, 0.1) is 19.3 Å². The van der Waals surface area contributed by atoms with Crippen molar-refractivity contribution >= 4 is 0 Å². The van der Waals surface area contributed by atoms with E-state index in [9.17, 15) is 0 Å². The quantitative estimate of drug-likeness (QED) is 0.689. The smallest absolute Gasteiger partial charge is 0.223 e. The maximum absolute atomic E-state index is 5.36. The van der Waals surface area contributed by atoms with Crippen LogP contribution < -0.4 is 5.32 Å². The van der Waals surface area contributed by atoms with Gasteiger partial charge in [0, 0.05) is 13.5 Å². The maximum atomic E-state index is 5.36. The van der Waals surface area contributed by atoms with Gasteiger partial charge >= 0.3 is 0 Å². The first-order valence-electron chi connectivity index (χ1n) is 4.80. The molecule has 1 heterocycles. The van der Waals surface area contributed by atoms with Gasteiger partial charge in [-0.3, -0.25) is 0 Å². The Morgan fingerprint density at radius 1 is 1.50 bits per heavy atom. The molecule has 5 heteroatoms. The van der Waals surface area contributed by atoms with Crippen LogP contribution in [-0.2, 0) is 11.3 Å². The topological polar surface area (TPSA) is 60.2 Å². The van der Waals surface area contributed by atoms with Crippen LogP contribution in [-0.4, -0.2) is 29.4 Å². The van der Waals surface area contributed by atoms with Crippen LogP contribution in [0.4, 0.5) is 0 Å². The van der Waals surface area contributed by atoms with Crippen molar-refractivity contribution in [2.45, 2.75) is 33.4 Å². The number of hydrogen-bond donors (Lipinski definition) is 1. The minimum absolute atomic E-state index is 0.282. The molecule has 0 radical (unpaired) electrons. The highest BCUT2D eigenvalue weighted by atomic mass is 16.5.